The highest BCUT2D eigenvalue weighted by Crippen LogP contribution is 2.27. The van der Waals surface area contributed by atoms with Crippen LogP contribution in [0.1, 0.15) is 18.4 Å². The highest BCUT2D eigenvalue weighted by Gasteiger charge is 2.23. The van der Waals surface area contributed by atoms with Gasteiger partial charge in [-0.2, -0.15) is 0 Å². The monoisotopic (exact) mass is 370 g/mol. The molecule has 2 aromatic rings. The summed E-state index contributed by atoms with van der Waals surface area (Å²) in [5.41, 5.74) is 2.31. The highest BCUT2D eigenvalue weighted by molar-refractivity contribution is 7.92. The second-order valence-corrected chi connectivity index (χ2v) is 8.18. The number of nitrogens with zero attached hydrogens (tertiary/aromatic N) is 2. The molecule has 5 nitrogen and oxygen atoms in total. The molecule has 1 heterocycles. The molecule has 1 fully saturated rings. The molecule has 3 rings (SSSR count). The number of benzene rings is 2. The molecule has 0 saturated carbocycles. The second kappa shape index (κ2) is 7.74. The molecule has 0 bridgehead atoms. The van der Waals surface area contributed by atoms with E-state index in [1.54, 1.807) is 23.1 Å². The first kappa shape index (κ1) is 18.2. The Morgan fingerprint density at radius 3 is 2.54 bits per heavy atom. The van der Waals surface area contributed by atoms with Crippen LogP contribution in [0.3, 0.4) is 0 Å². The molecule has 1 saturated heterocycles. The minimum absolute atomic E-state index is 0.0806. The molecule has 26 heavy (non-hydrogen) atoms. The van der Waals surface area contributed by atoms with Gasteiger partial charge in [-0.1, -0.05) is 48.6 Å². The van der Waals surface area contributed by atoms with Crippen molar-refractivity contribution in [2.75, 3.05) is 28.6 Å². The Hall–Kier alpha value is -2.60. The quantitative estimate of drug-likeness (QED) is 0.784. The summed E-state index contributed by atoms with van der Waals surface area (Å²) in [7, 11) is -3.45. The van der Waals surface area contributed by atoms with E-state index in [9.17, 15) is 13.2 Å². The number of carbonyl (C=O) groups excluding carboxylic acids is 1. The molecule has 1 aliphatic heterocycles. The third-order valence-corrected chi connectivity index (χ3v) is 5.44. The van der Waals surface area contributed by atoms with Gasteiger partial charge in [-0.25, -0.2) is 8.42 Å². The van der Waals surface area contributed by atoms with E-state index < -0.39 is 10.0 Å². The van der Waals surface area contributed by atoms with Gasteiger partial charge in [-0.15, -0.1) is 0 Å². The first-order valence-electron chi connectivity index (χ1n) is 8.55. The molecular formula is C20H22N2O3S. The predicted octanol–water partition coefficient (Wildman–Crippen LogP) is 3.29. The van der Waals surface area contributed by atoms with Crippen molar-refractivity contribution in [3.63, 3.8) is 0 Å². The highest BCUT2D eigenvalue weighted by atomic mass is 32.2. The summed E-state index contributed by atoms with van der Waals surface area (Å²) in [5, 5.41) is 0. The van der Waals surface area contributed by atoms with Crippen molar-refractivity contribution in [2.45, 2.75) is 12.8 Å². The van der Waals surface area contributed by atoms with Gasteiger partial charge in [-0.3, -0.25) is 9.10 Å². The van der Waals surface area contributed by atoms with Crippen LogP contribution in [0, 0.1) is 0 Å². The van der Waals surface area contributed by atoms with Crippen molar-refractivity contribution in [1.82, 2.24) is 0 Å². The fraction of sp³-hybridized carbons (Fsp3) is 0.250. The Bertz CT molecular complexity index is 908. The molecule has 1 aliphatic rings. The molecule has 0 N–H and O–H groups in total. The number of anilines is 2. The minimum atomic E-state index is -3.45. The number of sulfonamides is 1. The van der Waals surface area contributed by atoms with Crippen LogP contribution in [-0.2, 0) is 14.8 Å². The summed E-state index contributed by atoms with van der Waals surface area (Å²) in [6.45, 7) is 0.903. The van der Waals surface area contributed by atoms with Crippen molar-refractivity contribution in [1.29, 1.82) is 0 Å². The number of carbonyl (C=O) groups is 1. The SMILES string of the molecule is CS(=O)(=O)N(CC=Cc1ccccc1)c1cccc(N2CCCC2=O)c1. The molecule has 0 radical (unpaired) electrons. The van der Waals surface area contributed by atoms with E-state index in [0.717, 1.165) is 17.7 Å². The third kappa shape index (κ3) is 4.32. The Morgan fingerprint density at radius 1 is 1.12 bits per heavy atom. The van der Waals surface area contributed by atoms with Gasteiger partial charge in [0.15, 0.2) is 0 Å². The summed E-state index contributed by atoms with van der Waals surface area (Å²) in [6.07, 6.45) is 6.28. The van der Waals surface area contributed by atoms with Gasteiger partial charge in [0.2, 0.25) is 15.9 Å². The van der Waals surface area contributed by atoms with Gasteiger partial charge < -0.3 is 4.90 Å². The largest absolute Gasteiger partial charge is 0.312 e. The van der Waals surface area contributed by atoms with E-state index >= 15 is 0 Å². The summed E-state index contributed by atoms with van der Waals surface area (Å²) >= 11 is 0. The predicted molar refractivity (Wildman–Crippen MR) is 106 cm³/mol. The smallest absolute Gasteiger partial charge is 0.232 e. The summed E-state index contributed by atoms with van der Waals surface area (Å²) in [6, 6.07) is 16.9. The molecule has 6 heteroatoms. The number of hydrogen-bond acceptors (Lipinski definition) is 3. The van der Waals surface area contributed by atoms with Gasteiger partial charge in [-0.05, 0) is 30.2 Å². The molecular weight excluding hydrogens is 348 g/mol. The summed E-state index contributed by atoms with van der Waals surface area (Å²) in [4.78, 5) is 13.7. The standard InChI is InChI=1S/C20H22N2O3S/c1-26(24,25)22(15-6-10-17-8-3-2-4-9-17)19-12-5-11-18(16-19)21-14-7-13-20(21)23/h2-6,8-12,16H,7,13-15H2,1H3. The first-order chi connectivity index (χ1) is 12.4. The Labute approximate surface area is 154 Å². The van der Waals surface area contributed by atoms with E-state index in [4.69, 9.17) is 0 Å². The van der Waals surface area contributed by atoms with Crippen LogP contribution in [0.5, 0.6) is 0 Å². The van der Waals surface area contributed by atoms with Crippen molar-refractivity contribution in [3.05, 3.63) is 66.2 Å². The lowest BCUT2D eigenvalue weighted by molar-refractivity contribution is -0.117. The van der Waals surface area contributed by atoms with Crippen molar-refractivity contribution in [3.8, 4) is 0 Å². The number of amides is 1. The van der Waals surface area contributed by atoms with E-state index in [-0.39, 0.29) is 12.5 Å². The number of hydrogen-bond donors (Lipinski definition) is 0. The first-order valence-corrected chi connectivity index (χ1v) is 10.4. The maximum atomic E-state index is 12.3. The summed E-state index contributed by atoms with van der Waals surface area (Å²) in [5.74, 6) is 0.0806. The fourth-order valence-electron chi connectivity index (χ4n) is 3.02. The molecule has 0 atom stereocenters. The van der Waals surface area contributed by atoms with Crippen LogP contribution in [0.2, 0.25) is 0 Å². The Morgan fingerprint density at radius 2 is 1.88 bits per heavy atom. The van der Waals surface area contributed by atoms with Crippen LogP contribution in [-0.4, -0.2) is 33.7 Å². The minimum Gasteiger partial charge on any atom is -0.312 e. The maximum absolute atomic E-state index is 12.3. The van der Waals surface area contributed by atoms with Crippen LogP contribution in [0.25, 0.3) is 6.08 Å². The zero-order valence-corrected chi connectivity index (χ0v) is 15.5. The zero-order valence-electron chi connectivity index (χ0n) is 14.7. The molecule has 136 valence electrons. The van der Waals surface area contributed by atoms with E-state index in [1.165, 1.54) is 10.6 Å². The van der Waals surface area contributed by atoms with Gasteiger partial charge in [0.25, 0.3) is 0 Å². The van der Waals surface area contributed by atoms with E-state index in [1.807, 2.05) is 48.6 Å². The Kier molecular flexibility index (Phi) is 5.42. The average Bonchev–Trinajstić information content (AvgIpc) is 3.05. The fourth-order valence-corrected chi connectivity index (χ4v) is 3.87. The molecule has 1 amide bonds. The van der Waals surface area contributed by atoms with E-state index in [0.29, 0.717) is 18.7 Å². The number of rotatable bonds is 6. The van der Waals surface area contributed by atoms with Crippen LogP contribution in [0.15, 0.2) is 60.7 Å². The molecule has 0 spiro atoms. The molecule has 0 aliphatic carbocycles. The topological polar surface area (TPSA) is 57.7 Å². The molecule has 0 aromatic heterocycles. The van der Waals surface area contributed by atoms with Crippen molar-refractivity contribution in [2.24, 2.45) is 0 Å². The lowest BCUT2D eigenvalue weighted by Crippen LogP contribution is -2.30. The summed E-state index contributed by atoms with van der Waals surface area (Å²) < 4.78 is 25.9. The lowest BCUT2D eigenvalue weighted by Gasteiger charge is -2.23. The molecule has 2 aromatic carbocycles. The van der Waals surface area contributed by atoms with Gasteiger partial charge in [0.05, 0.1) is 18.5 Å². The lowest BCUT2D eigenvalue weighted by atomic mass is 10.2. The average molecular weight is 370 g/mol. The second-order valence-electron chi connectivity index (χ2n) is 6.28. The van der Waals surface area contributed by atoms with Crippen molar-refractivity contribution >= 4 is 33.4 Å². The zero-order chi connectivity index (χ0) is 18.6. The normalized spacial score (nSPS) is 15.0. The van der Waals surface area contributed by atoms with Crippen molar-refractivity contribution < 1.29 is 13.2 Å². The maximum Gasteiger partial charge on any atom is 0.232 e. The molecule has 0 unspecified atom stereocenters. The third-order valence-electron chi connectivity index (χ3n) is 4.28. The van der Waals surface area contributed by atoms with E-state index in [2.05, 4.69) is 0 Å². The van der Waals surface area contributed by atoms with Gasteiger partial charge in [0, 0.05) is 18.7 Å². The van der Waals surface area contributed by atoms with Crippen LogP contribution >= 0.6 is 0 Å². The Balaban J connectivity index is 1.84. The van der Waals surface area contributed by atoms with Crippen LogP contribution in [0.4, 0.5) is 11.4 Å². The van der Waals surface area contributed by atoms with Gasteiger partial charge >= 0.3 is 0 Å². The van der Waals surface area contributed by atoms with Gasteiger partial charge in [0.1, 0.15) is 0 Å². The van der Waals surface area contributed by atoms with Crippen LogP contribution < -0.4 is 9.21 Å².